The predicted molar refractivity (Wildman–Crippen MR) is 211 cm³/mol. The van der Waals surface area contributed by atoms with Crippen molar-refractivity contribution in [1.29, 1.82) is 0 Å². The number of sulfonamides is 1. The highest BCUT2D eigenvalue weighted by atomic mass is 32.2. The molecule has 8 heteroatoms. The van der Waals surface area contributed by atoms with E-state index in [9.17, 15) is 18.3 Å². The lowest BCUT2D eigenvalue weighted by Crippen LogP contribution is -2.68. The van der Waals surface area contributed by atoms with Crippen molar-refractivity contribution in [2.24, 2.45) is 51.2 Å². The lowest BCUT2D eigenvalue weighted by Gasteiger charge is -2.72. The fraction of sp³-hybridized carbons (Fsp3) is 0.750. The van der Waals surface area contributed by atoms with Crippen LogP contribution < -0.4 is 10.6 Å². The molecule has 52 heavy (non-hydrogen) atoms. The van der Waals surface area contributed by atoms with Gasteiger partial charge in [0.1, 0.15) is 0 Å². The van der Waals surface area contributed by atoms with E-state index >= 15 is 0 Å². The Labute approximate surface area is 314 Å². The van der Waals surface area contributed by atoms with E-state index in [0.29, 0.717) is 41.7 Å². The molecule has 0 spiro atoms. The molecule has 0 aromatic heterocycles. The highest BCUT2D eigenvalue weighted by Gasteiger charge is 2.70. The summed E-state index contributed by atoms with van der Waals surface area (Å²) in [5.74, 6) is 2.22. The number of carboxylic acid groups (broad SMARTS) is 1. The Morgan fingerprint density at radius 3 is 2.33 bits per heavy atom. The van der Waals surface area contributed by atoms with Crippen molar-refractivity contribution in [1.82, 2.24) is 14.9 Å². The second kappa shape index (κ2) is 13.3. The Balaban J connectivity index is 1.10. The normalized spacial score (nSPS) is 41.3. The van der Waals surface area contributed by atoms with Gasteiger partial charge in [0, 0.05) is 37.8 Å². The predicted octanol–water partition coefficient (Wildman–Crippen LogP) is 8.39. The van der Waals surface area contributed by atoms with E-state index in [4.69, 9.17) is 0 Å². The minimum absolute atomic E-state index is 0.00778. The van der Waals surface area contributed by atoms with E-state index in [1.54, 1.807) is 16.4 Å². The first kappa shape index (κ1) is 38.3. The molecule has 288 valence electrons. The first-order valence-electron chi connectivity index (χ1n) is 20.5. The Kier molecular flexibility index (Phi) is 9.82. The van der Waals surface area contributed by atoms with Gasteiger partial charge in [-0.25, -0.2) is 13.2 Å². The van der Waals surface area contributed by atoms with Gasteiger partial charge in [0.2, 0.25) is 10.0 Å². The average Bonchev–Trinajstić information content (AvgIpc) is 3.71. The second-order valence-electron chi connectivity index (χ2n) is 19.6. The molecular formula is C44H67N3O4S. The van der Waals surface area contributed by atoms with Gasteiger partial charge in [0.05, 0.1) is 11.8 Å². The molecule has 1 aliphatic heterocycles. The second-order valence-corrected chi connectivity index (χ2v) is 21.5. The van der Waals surface area contributed by atoms with Gasteiger partial charge in [-0.3, -0.25) is 0 Å². The summed E-state index contributed by atoms with van der Waals surface area (Å²) in [4.78, 5) is 11.6. The van der Waals surface area contributed by atoms with Crippen LogP contribution in [0.5, 0.6) is 0 Å². The maximum atomic E-state index is 12.3. The van der Waals surface area contributed by atoms with E-state index in [0.717, 1.165) is 38.9 Å². The van der Waals surface area contributed by atoms with E-state index < -0.39 is 16.0 Å². The largest absolute Gasteiger partial charge is 0.478 e. The number of hydrogen-bond donors (Lipinski definition) is 3. The van der Waals surface area contributed by atoms with Crippen molar-refractivity contribution in [3.05, 3.63) is 53.6 Å². The van der Waals surface area contributed by atoms with Crippen LogP contribution in [0.3, 0.4) is 0 Å². The van der Waals surface area contributed by atoms with Gasteiger partial charge in [0.15, 0.2) is 0 Å². The fourth-order valence-electron chi connectivity index (χ4n) is 14.5. The van der Waals surface area contributed by atoms with Gasteiger partial charge in [-0.05, 0) is 152 Å². The molecule has 10 atom stereocenters. The molecule has 0 unspecified atom stereocenters. The number of nitrogens with zero attached hydrogens (tertiary/aromatic N) is 1. The molecular weight excluding hydrogens is 667 g/mol. The van der Waals surface area contributed by atoms with Crippen LogP contribution in [-0.4, -0.2) is 67.8 Å². The Hall–Kier alpha value is -2.00. The fourth-order valence-corrected chi connectivity index (χ4v) is 15.6. The third kappa shape index (κ3) is 5.91. The lowest BCUT2D eigenvalue weighted by atomic mass is 9.33. The summed E-state index contributed by atoms with van der Waals surface area (Å²) < 4.78 is 26.2. The summed E-state index contributed by atoms with van der Waals surface area (Å²) in [6.07, 6.45) is 16.9. The smallest absolute Gasteiger partial charge is 0.335 e. The van der Waals surface area contributed by atoms with Crippen molar-refractivity contribution >= 4 is 21.6 Å². The highest BCUT2D eigenvalue weighted by Crippen LogP contribution is 2.76. The molecule has 6 aliphatic rings. The third-order valence-corrected chi connectivity index (χ3v) is 18.3. The molecule has 4 saturated carbocycles. The molecule has 7 rings (SSSR count). The van der Waals surface area contributed by atoms with Gasteiger partial charge < -0.3 is 15.7 Å². The number of aromatic carboxylic acids is 1. The number of carbonyl (C=O) groups is 1. The third-order valence-electron chi connectivity index (χ3n) is 17.0. The van der Waals surface area contributed by atoms with E-state index in [1.165, 1.54) is 74.3 Å². The molecule has 1 aromatic carbocycles. The van der Waals surface area contributed by atoms with Gasteiger partial charge in [-0.2, -0.15) is 4.31 Å². The molecule has 0 bridgehead atoms. The molecule has 1 saturated heterocycles. The van der Waals surface area contributed by atoms with Crippen LogP contribution in [0.4, 0.5) is 0 Å². The Morgan fingerprint density at radius 1 is 0.923 bits per heavy atom. The van der Waals surface area contributed by atoms with Crippen molar-refractivity contribution in [2.75, 3.05) is 32.4 Å². The number of fused-ring (bicyclic) bond motifs is 7. The van der Waals surface area contributed by atoms with Crippen LogP contribution in [-0.2, 0) is 10.0 Å². The summed E-state index contributed by atoms with van der Waals surface area (Å²) in [5, 5.41) is 17.3. The zero-order valence-electron chi connectivity index (χ0n) is 33.2. The van der Waals surface area contributed by atoms with Crippen LogP contribution >= 0.6 is 0 Å². The van der Waals surface area contributed by atoms with Gasteiger partial charge in [-0.15, -0.1) is 0 Å². The lowest BCUT2D eigenvalue weighted by molar-refractivity contribution is -0.219. The molecule has 0 amide bonds. The van der Waals surface area contributed by atoms with Crippen LogP contribution in [0, 0.1) is 51.2 Å². The summed E-state index contributed by atoms with van der Waals surface area (Å²) in [6, 6.07) is 7.66. The summed E-state index contributed by atoms with van der Waals surface area (Å²) in [5.41, 5.74) is 5.21. The van der Waals surface area contributed by atoms with Crippen LogP contribution in [0.15, 0.2) is 42.5 Å². The molecule has 5 fully saturated rings. The minimum Gasteiger partial charge on any atom is -0.478 e. The maximum Gasteiger partial charge on any atom is 0.335 e. The first-order chi connectivity index (χ1) is 24.4. The number of allylic oxidation sites excluding steroid dienone is 3. The molecule has 7 nitrogen and oxygen atoms in total. The molecule has 1 aromatic rings. The SMILES string of the molecule is C=C(C)[C@@H]1CC[C@]2(NCCNC[C@@H]3CCCN3S(C)(=O)=O)CC[C@]3(C)[C@H](CC[C@@H]4[C@@]5(C)CC=C(c6ccc(C(=O)O)cc6)C(C)(C)[C@@H]5CC[C@]43C)[C@@H]12. The molecule has 3 N–H and O–H groups in total. The number of carboxylic acids is 1. The monoisotopic (exact) mass is 733 g/mol. The first-order valence-corrected chi connectivity index (χ1v) is 22.4. The maximum absolute atomic E-state index is 12.3. The highest BCUT2D eigenvalue weighted by molar-refractivity contribution is 7.88. The summed E-state index contributed by atoms with van der Waals surface area (Å²) in [6.45, 7) is 23.0. The van der Waals surface area contributed by atoms with Gasteiger partial charge >= 0.3 is 5.97 Å². The molecule has 5 aliphatic carbocycles. The zero-order chi connectivity index (χ0) is 37.5. The number of hydrogen-bond acceptors (Lipinski definition) is 5. The van der Waals surface area contributed by atoms with Crippen molar-refractivity contribution in [3.8, 4) is 0 Å². The van der Waals surface area contributed by atoms with Crippen molar-refractivity contribution in [2.45, 2.75) is 124 Å². The van der Waals surface area contributed by atoms with Gasteiger partial charge in [0.25, 0.3) is 0 Å². The quantitative estimate of drug-likeness (QED) is 0.165. The zero-order valence-corrected chi connectivity index (χ0v) is 34.0. The van der Waals surface area contributed by atoms with E-state index in [1.807, 2.05) is 12.1 Å². The Bertz CT molecular complexity index is 1700. The van der Waals surface area contributed by atoms with Crippen molar-refractivity contribution < 1.29 is 18.3 Å². The summed E-state index contributed by atoms with van der Waals surface area (Å²) in [7, 11) is -3.15. The van der Waals surface area contributed by atoms with E-state index in [-0.39, 0.29) is 33.2 Å². The van der Waals surface area contributed by atoms with Crippen LogP contribution in [0.1, 0.15) is 128 Å². The number of benzene rings is 1. The average molecular weight is 734 g/mol. The standard InChI is InChI=1S/C44H67N3O4S/c1-29(2)33-17-22-44(46-26-25-45-28-32-10-9-27-47(32)52(8,50)51)24-23-42(6)35(38(33)44)15-16-37-41(5)20-18-34(30-11-13-31(14-12-30)39(48)49)40(3,4)36(41)19-21-43(37,42)7/h11-14,18,32-33,35-38,45-46H,1,9-10,15-17,19-28H2,2-8H3,(H,48,49)/t32-,33-,35+,36-,37+,38+,41-,42+,43+,44-/m0/s1. The topological polar surface area (TPSA) is 98.7 Å². The van der Waals surface area contributed by atoms with Crippen molar-refractivity contribution in [3.63, 3.8) is 0 Å². The van der Waals surface area contributed by atoms with Crippen LogP contribution in [0.2, 0.25) is 0 Å². The van der Waals surface area contributed by atoms with Crippen LogP contribution in [0.25, 0.3) is 5.57 Å². The summed E-state index contributed by atoms with van der Waals surface area (Å²) >= 11 is 0. The Morgan fingerprint density at radius 2 is 1.65 bits per heavy atom. The number of nitrogens with one attached hydrogen (secondary N) is 2. The molecule has 1 heterocycles. The van der Waals surface area contributed by atoms with E-state index in [2.05, 4.69) is 64.8 Å². The number of rotatable bonds is 10. The van der Waals surface area contributed by atoms with Gasteiger partial charge in [-0.1, -0.05) is 65.0 Å². The molecule has 0 radical (unpaired) electrons. The minimum atomic E-state index is -3.15.